The van der Waals surface area contributed by atoms with Crippen molar-refractivity contribution in [2.45, 2.75) is 13.2 Å². The van der Waals surface area contributed by atoms with Gasteiger partial charge in [-0.1, -0.05) is 36.4 Å². The number of pyridine rings is 1. The summed E-state index contributed by atoms with van der Waals surface area (Å²) in [4.78, 5) is 28.0. The van der Waals surface area contributed by atoms with Crippen molar-refractivity contribution in [3.05, 3.63) is 86.5 Å². The largest absolute Gasteiger partial charge is 0.483 e. The Morgan fingerprint density at radius 2 is 2.00 bits per heavy atom. The Labute approximate surface area is 142 Å². The first kappa shape index (κ1) is 16.0. The molecule has 122 valence electrons. The van der Waals surface area contributed by atoms with Gasteiger partial charge in [-0.05, 0) is 17.0 Å². The second kappa shape index (κ2) is 7.61. The molecule has 0 unspecified atom stereocenters. The minimum absolute atomic E-state index is 0.189. The van der Waals surface area contributed by atoms with Crippen LogP contribution >= 0.6 is 11.3 Å². The minimum atomic E-state index is -0.328. The summed E-state index contributed by atoms with van der Waals surface area (Å²) in [6.07, 6.45) is 1.42. The molecule has 1 amide bonds. The van der Waals surface area contributed by atoms with Crippen LogP contribution in [-0.2, 0) is 13.2 Å². The zero-order valence-corrected chi connectivity index (χ0v) is 13.6. The highest BCUT2D eigenvalue weighted by atomic mass is 32.1. The van der Waals surface area contributed by atoms with Gasteiger partial charge in [0.15, 0.2) is 5.75 Å². The van der Waals surface area contributed by atoms with E-state index in [2.05, 4.69) is 10.3 Å². The molecule has 0 fully saturated rings. The molecule has 0 aliphatic carbocycles. The van der Waals surface area contributed by atoms with Crippen LogP contribution in [0.4, 0.5) is 0 Å². The number of carbonyl (C=O) groups excluding carboxylic acids is 1. The monoisotopic (exact) mass is 340 g/mol. The topological polar surface area (TPSA) is 71.2 Å². The van der Waals surface area contributed by atoms with Crippen molar-refractivity contribution in [2.75, 3.05) is 0 Å². The molecule has 0 bridgehead atoms. The second-order valence-corrected chi connectivity index (χ2v) is 6.14. The maximum Gasteiger partial charge on any atom is 0.268 e. The molecule has 3 aromatic rings. The van der Waals surface area contributed by atoms with Crippen molar-refractivity contribution in [1.82, 2.24) is 10.3 Å². The molecule has 0 aliphatic heterocycles. The van der Waals surface area contributed by atoms with Gasteiger partial charge in [0.1, 0.15) is 12.3 Å². The SMILES string of the molecule is O=C(NCc1cccs1)c1cc(=O)c(OCc2ccccc2)c[nH]1. The fourth-order valence-electron chi connectivity index (χ4n) is 2.11. The van der Waals surface area contributed by atoms with E-state index in [0.29, 0.717) is 13.2 Å². The maximum absolute atomic E-state index is 12.1. The van der Waals surface area contributed by atoms with E-state index in [1.807, 2.05) is 47.8 Å². The first-order valence-electron chi connectivity index (χ1n) is 7.42. The second-order valence-electron chi connectivity index (χ2n) is 5.11. The summed E-state index contributed by atoms with van der Waals surface area (Å²) in [6, 6.07) is 14.7. The Hall–Kier alpha value is -2.86. The third-order valence-corrected chi connectivity index (χ3v) is 4.24. The number of hydrogen-bond acceptors (Lipinski definition) is 4. The van der Waals surface area contributed by atoms with Gasteiger partial charge in [0.25, 0.3) is 5.91 Å². The van der Waals surface area contributed by atoms with Crippen LogP contribution in [-0.4, -0.2) is 10.9 Å². The number of benzene rings is 1. The Morgan fingerprint density at radius 3 is 2.71 bits per heavy atom. The fraction of sp³-hybridized carbons (Fsp3) is 0.111. The Balaban J connectivity index is 1.61. The number of H-pyrrole nitrogens is 1. The van der Waals surface area contributed by atoms with E-state index in [9.17, 15) is 9.59 Å². The predicted octanol–water partition coefficient (Wildman–Crippen LogP) is 2.95. The van der Waals surface area contributed by atoms with E-state index in [-0.39, 0.29) is 22.8 Å². The first-order valence-corrected chi connectivity index (χ1v) is 8.30. The summed E-state index contributed by atoms with van der Waals surface area (Å²) < 4.78 is 5.50. The number of hydrogen-bond donors (Lipinski definition) is 2. The van der Waals surface area contributed by atoms with Gasteiger partial charge in [-0.3, -0.25) is 9.59 Å². The average molecular weight is 340 g/mol. The summed E-state index contributed by atoms with van der Waals surface area (Å²) in [5.74, 6) is -0.135. The number of aromatic nitrogens is 1. The summed E-state index contributed by atoms with van der Waals surface area (Å²) >= 11 is 1.56. The van der Waals surface area contributed by atoms with Gasteiger partial charge < -0.3 is 15.0 Å². The molecule has 0 saturated carbocycles. The van der Waals surface area contributed by atoms with E-state index < -0.39 is 0 Å². The van der Waals surface area contributed by atoms with Crippen LogP contribution in [0.25, 0.3) is 0 Å². The zero-order chi connectivity index (χ0) is 16.8. The van der Waals surface area contributed by atoms with Gasteiger partial charge in [-0.2, -0.15) is 0 Å². The van der Waals surface area contributed by atoms with Crippen LogP contribution in [0.1, 0.15) is 20.9 Å². The molecular formula is C18H16N2O3S. The van der Waals surface area contributed by atoms with Crippen molar-refractivity contribution in [3.8, 4) is 5.75 Å². The lowest BCUT2D eigenvalue weighted by Crippen LogP contribution is -2.25. The van der Waals surface area contributed by atoms with Crippen molar-refractivity contribution in [1.29, 1.82) is 0 Å². The van der Waals surface area contributed by atoms with E-state index in [1.54, 1.807) is 11.3 Å². The normalized spacial score (nSPS) is 10.3. The highest BCUT2D eigenvalue weighted by Gasteiger charge is 2.10. The van der Waals surface area contributed by atoms with Crippen molar-refractivity contribution < 1.29 is 9.53 Å². The minimum Gasteiger partial charge on any atom is -0.483 e. The van der Waals surface area contributed by atoms with Crippen LogP contribution in [0, 0.1) is 0 Å². The van der Waals surface area contributed by atoms with Gasteiger partial charge in [0.05, 0.1) is 6.54 Å². The number of rotatable bonds is 6. The van der Waals surface area contributed by atoms with Gasteiger partial charge in [-0.15, -0.1) is 11.3 Å². The van der Waals surface area contributed by atoms with Crippen LogP contribution < -0.4 is 15.5 Å². The number of carbonyl (C=O) groups is 1. The standard InChI is InChI=1S/C18H16N2O3S/c21-16-9-15(18(22)20-10-14-7-4-8-24-14)19-11-17(16)23-12-13-5-2-1-3-6-13/h1-9,11H,10,12H2,(H,19,21)(H,20,22). The third kappa shape index (κ3) is 4.11. The Morgan fingerprint density at radius 1 is 1.17 bits per heavy atom. The van der Waals surface area contributed by atoms with Gasteiger partial charge in [0.2, 0.25) is 5.43 Å². The molecule has 0 atom stereocenters. The van der Waals surface area contributed by atoms with E-state index in [4.69, 9.17) is 4.74 Å². The molecule has 2 heterocycles. The van der Waals surface area contributed by atoms with Crippen molar-refractivity contribution in [2.24, 2.45) is 0 Å². The third-order valence-electron chi connectivity index (χ3n) is 3.36. The molecule has 2 aromatic heterocycles. The van der Waals surface area contributed by atoms with Gasteiger partial charge in [0, 0.05) is 17.1 Å². The smallest absolute Gasteiger partial charge is 0.268 e. The highest BCUT2D eigenvalue weighted by Crippen LogP contribution is 2.09. The molecule has 0 spiro atoms. The number of amides is 1. The number of ether oxygens (including phenoxy) is 1. The molecule has 1 aromatic carbocycles. The molecule has 0 saturated heterocycles. The molecule has 6 heteroatoms. The van der Waals surface area contributed by atoms with Crippen LogP contribution in [0.3, 0.4) is 0 Å². The summed E-state index contributed by atoms with van der Waals surface area (Å²) in [5.41, 5.74) is 0.851. The molecule has 2 N–H and O–H groups in total. The molecule has 3 rings (SSSR count). The molecule has 24 heavy (non-hydrogen) atoms. The lowest BCUT2D eigenvalue weighted by atomic mass is 10.2. The lowest BCUT2D eigenvalue weighted by molar-refractivity contribution is 0.0946. The molecular weight excluding hydrogens is 324 g/mol. The highest BCUT2D eigenvalue weighted by molar-refractivity contribution is 7.09. The van der Waals surface area contributed by atoms with E-state index in [0.717, 1.165) is 10.4 Å². The lowest BCUT2D eigenvalue weighted by Gasteiger charge is -2.07. The number of thiophene rings is 1. The van der Waals surface area contributed by atoms with Crippen molar-refractivity contribution in [3.63, 3.8) is 0 Å². The molecule has 0 radical (unpaired) electrons. The van der Waals surface area contributed by atoms with Crippen LogP contribution in [0.15, 0.2) is 64.9 Å². The fourth-order valence-corrected chi connectivity index (χ4v) is 2.76. The van der Waals surface area contributed by atoms with Crippen LogP contribution in [0.2, 0.25) is 0 Å². The first-order chi connectivity index (χ1) is 11.7. The number of nitrogens with one attached hydrogen (secondary N) is 2. The summed E-state index contributed by atoms with van der Waals surface area (Å²) in [6.45, 7) is 0.735. The number of aromatic amines is 1. The van der Waals surface area contributed by atoms with Crippen LogP contribution in [0.5, 0.6) is 5.75 Å². The summed E-state index contributed by atoms with van der Waals surface area (Å²) in [5, 5.41) is 4.71. The summed E-state index contributed by atoms with van der Waals surface area (Å²) in [7, 11) is 0. The average Bonchev–Trinajstić information content (AvgIpc) is 3.13. The Kier molecular flexibility index (Phi) is 5.08. The van der Waals surface area contributed by atoms with Crippen molar-refractivity contribution >= 4 is 17.2 Å². The maximum atomic E-state index is 12.1. The Bertz CT molecular complexity index is 857. The quantitative estimate of drug-likeness (QED) is 0.725. The van der Waals surface area contributed by atoms with E-state index in [1.165, 1.54) is 12.3 Å². The molecule has 0 aliphatic rings. The van der Waals surface area contributed by atoms with E-state index >= 15 is 0 Å². The molecule has 5 nitrogen and oxygen atoms in total. The predicted molar refractivity (Wildman–Crippen MR) is 93.3 cm³/mol. The van der Waals surface area contributed by atoms with Gasteiger partial charge in [-0.25, -0.2) is 0 Å². The zero-order valence-electron chi connectivity index (χ0n) is 12.8. The van der Waals surface area contributed by atoms with Gasteiger partial charge >= 0.3 is 0 Å².